The van der Waals surface area contributed by atoms with Crippen LogP contribution in [0.25, 0.3) is 0 Å². The van der Waals surface area contributed by atoms with Gasteiger partial charge in [-0.05, 0) is 37.2 Å². The molecule has 0 aromatic heterocycles. The molecular formula is C12H19ClN2O2. The van der Waals surface area contributed by atoms with Crippen molar-refractivity contribution in [2.24, 2.45) is 0 Å². The second-order valence-corrected chi connectivity index (χ2v) is 3.67. The molecule has 0 heterocycles. The number of aryl methyl sites for hydroxylation is 1. The van der Waals surface area contributed by atoms with E-state index >= 15 is 0 Å². The van der Waals surface area contributed by atoms with Gasteiger partial charge in [0.15, 0.2) is 0 Å². The maximum absolute atomic E-state index is 11.3. The van der Waals surface area contributed by atoms with E-state index in [1.165, 1.54) is 0 Å². The highest BCUT2D eigenvalue weighted by atomic mass is 35.5. The van der Waals surface area contributed by atoms with Gasteiger partial charge in [0.2, 0.25) is 5.91 Å². The first-order valence-corrected chi connectivity index (χ1v) is 5.21. The largest absolute Gasteiger partial charge is 0.497 e. The Morgan fingerprint density at radius 3 is 2.65 bits per heavy atom. The average molecular weight is 259 g/mol. The van der Waals surface area contributed by atoms with Crippen molar-refractivity contribution in [3.8, 4) is 5.75 Å². The fourth-order valence-electron chi connectivity index (χ4n) is 1.47. The van der Waals surface area contributed by atoms with E-state index in [-0.39, 0.29) is 18.3 Å². The Balaban J connectivity index is 0.00000256. The standard InChI is InChI=1S/C12H18N2O2.ClH/c1-9-4-10(6-11(5-9)16-3)7-14-12(15)8-13-2;/h4-6,13H,7-8H2,1-3H3,(H,14,15);1H. The highest BCUT2D eigenvalue weighted by Gasteiger charge is 2.01. The lowest BCUT2D eigenvalue weighted by Gasteiger charge is -2.08. The van der Waals surface area contributed by atoms with Crippen LogP contribution >= 0.6 is 12.4 Å². The van der Waals surface area contributed by atoms with Gasteiger partial charge in [0.05, 0.1) is 13.7 Å². The molecule has 17 heavy (non-hydrogen) atoms. The Kier molecular flexibility index (Phi) is 7.34. The Bertz CT molecular complexity index is 370. The zero-order valence-electron chi connectivity index (χ0n) is 10.4. The number of benzene rings is 1. The molecule has 0 fully saturated rings. The molecule has 0 unspecified atom stereocenters. The quantitative estimate of drug-likeness (QED) is 0.836. The molecule has 0 radical (unpaired) electrons. The van der Waals surface area contributed by atoms with Crippen molar-refractivity contribution < 1.29 is 9.53 Å². The molecule has 96 valence electrons. The van der Waals surface area contributed by atoms with E-state index in [2.05, 4.69) is 10.6 Å². The van der Waals surface area contributed by atoms with Crippen LogP contribution in [0, 0.1) is 6.92 Å². The molecule has 0 aliphatic carbocycles. The number of ether oxygens (including phenoxy) is 1. The first-order chi connectivity index (χ1) is 7.65. The van der Waals surface area contributed by atoms with Gasteiger partial charge in [0.25, 0.3) is 0 Å². The molecule has 2 N–H and O–H groups in total. The van der Waals surface area contributed by atoms with Gasteiger partial charge in [-0.1, -0.05) is 6.07 Å². The maximum Gasteiger partial charge on any atom is 0.234 e. The first-order valence-electron chi connectivity index (χ1n) is 5.21. The second kappa shape index (κ2) is 7.92. The third-order valence-corrected chi connectivity index (χ3v) is 2.17. The Morgan fingerprint density at radius 2 is 2.06 bits per heavy atom. The van der Waals surface area contributed by atoms with Crippen molar-refractivity contribution in [1.82, 2.24) is 10.6 Å². The smallest absolute Gasteiger partial charge is 0.234 e. The van der Waals surface area contributed by atoms with E-state index in [1.54, 1.807) is 14.2 Å². The minimum absolute atomic E-state index is 0. The summed E-state index contributed by atoms with van der Waals surface area (Å²) in [6.07, 6.45) is 0. The van der Waals surface area contributed by atoms with Crippen LogP contribution in [0.5, 0.6) is 5.75 Å². The number of amides is 1. The van der Waals surface area contributed by atoms with Crippen LogP contribution in [-0.4, -0.2) is 26.6 Å². The van der Waals surface area contributed by atoms with Gasteiger partial charge in [-0.25, -0.2) is 0 Å². The van der Waals surface area contributed by atoms with Gasteiger partial charge >= 0.3 is 0 Å². The highest BCUT2D eigenvalue weighted by molar-refractivity contribution is 5.85. The third-order valence-electron chi connectivity index (χ3n) is 2.17. The Labute approximate surface area is 108 Å². The summed E-state index contributed by atoms with van der Waals surface area (Å²) in [6.45, 7) is 2.86. The van der Waals surface area contributed by atoms with Crippen molar-refractivity contribution in [2.45, 2.75) is 13.5 Å². The number of likely N-dealkylation sites (N-methyl/N-ethyl adjacent to an activating group) is 1. The normalized spacial score (nSPS) is 9.35. The van der Waals surface area contributed by atoms with Crippen LogP contribution in [0.15, 0.2) is 18.2 Å². The minimum atomic E-state index is -0.0111. The fraction of sp³-hybridized carbons (Fsp3) is 0.417. The van der Waals surface area contributed by atoms with Gasteiger partial charge in [0.1, 0.15) is 5.75 Å². The number of rotatable bonds is 5. The van der Waals surface area contributed by atoms with Crippen molar-refractivity contribution in [3.05, 3.63) is 29.3 Å². The summed E-state index contributed by atoms with van der Waals surface area (Å²) in [5, 5.41) is 5.62. The predicted molar refractivity (Wildman–Crippen MR) is 70.8 cm³/mol. The lowest BCUT2D eigenvalue weighted by molar-refractivity contribution is -0.120. The topological polar surface area (TPSA) is 50.4 Å². The molecule has 1 rings (SSSR count). The number of carbonyl (C=O) groups is 1. The molecule has 1 amide bonds. The summed E-state index contributed by atoms with van der Waals surface area (Å²) in [7, 11) is 3.38. The van der Waals surface area contributed by atoms with Crippen molar-refractivity contribution in [2.75, 3.05) is 20.7 Å². The maximum atomic E-state index is 11.3. The van der Waals surface area contributed by atoms with Crippen molar-refractivity contribution >= 4 is 18.3 Å². The Hall–Kier alpha value is -1.26. The zero-order valence-corrected chi connectivity index (χ0v) is 11.2. The zero-order chi connectivity index (χ0) is 12.0. The van der Waals surface area contributed by atoms with Crippen molar-refractivity contribution in [1.29, 1.82) is 0 Å². The minimum Gasteiger partial charge on any atom is -0.497 e. The van der Waals surface area contributed by atoms with Crippen LogP contribution < -0.4 is 15.4 Å². The molecular weight excluding hydrogens is 240 g/mol. The summed E-state index contributed by atoms with van der Waals surface area (Å²) >= 11 is 0. The molecule has 5 heteroatoms. The number of nitrogens with one attached hydrogen (secondary N) is 2. The Morgan fingerprint density at radius 1 is 1.35 bits per heavy atom. The second-order valence-electron chi connectivity index (χ2n) is 3.67. The van der Waals surface area contributed by atoms with E-state index < -0.39 is 0 Å². The lowest BCUT2D eigenvalue weighted by atomic mass is 10.1. The molecule has 0 atom stereocenters. The fourth-order valence-corrected chi connectivity index (χ4v) is 1.47. The van der Waals surface area contributed by atoms with Crippen LogP contribution in [0.2, 0.25) is 0 Å². The summed E-state index contributed by atoms with van der Waals surface area (Å²) in [5.41, 5.74) is 2.17. The number of hydrogen-bond acceptors (Lipinski definition) is 3. The van der Waals surface area contributed by atoms with Crippen LogP contribution in [0.1, 0.15) is 11.1 Å². The molecule has 0 saturated carbocycles. The van der Waals surface area contributed by atoms with Gasteiger partial charge < -0.3 is 15.4 Å². The number of halogens is 1. The molecule has 0 aliphatic heterocycles. The van der Waals surface area contributed by atoms with Gasteiger partial charge in [0, 0.05) is 6.54 Å². The number of hydrogen-bond donors (Lipinski definition) is 2. The molecule has 0 spiro atoms. The molecule has 0 saturated heterocycles. The van der Waals surface area contributed by atoms with Crippen LogP contribution in [0.4, 0.5) is 0 Å². The van der Waals surface area contributed by atoms with Gasteiger partial charge in [-0.3, -0.25) is 4.79 Å². The molecule has 1 aromatic rings. The monoisotopic (exact) mass is 258 g/mol. The van der Waals surface area contributed by atoms with Gasteiger partial charge in [-0.2, -0.15) is 0 Å². The molecule has 1 aromatic carbocycles. The van der Waals surface area contributed by atoms with Gasteiger partial charge in [-0.15, -0.1) is 12.4 Å². The summed E-state index contributed by atoms with van der Waals surface area (Å²) in [5.74, 6) is 0.806. The van der Waals surface area contributed by atoms with Crippen molar-refractivity contribution in [3.63, 3.8) is 0 Å². The summed E-state index contributed by atoms with van der Waals surface area (Å²) in [6, 6.07) is 5.91. The average Bonchev–Trinajstić information content (AvgIpc) is 2.26. The summed E-state index contributed by atoms with van der Waals surface area (Å²) < 4.78 is 5.16. The van der Waals surface area contributed by atoms with Crippen LogP contribution in [-0.2, 0) is 11.3 Å². The van der Waals surface area contributed by atoms with E-state index in [9.17, 15) is 4.79 Å². The number of carbonyl (C=O) groups excluding carboxylic acids is 1. The van der Waals surface area contributed by atoms with E-state index in [0.717, 1.165) is 16.9 Å². The first kappa shape index (κ1) is 15.7. The number of methoxy groups -OCH3 is 1. The van der Waals surface area contributed by atoms with E-state index in [1.807, 2.05) is 25.1 Å². The SMILES string of the molecule is CNCC(=O)NCc1cc(C)cc(OC)c1.Cl. The lowest BCUT2D eigenvalue weighted by Crippen LogP contribution is -2.31. The summed E-state index contributed by atoms with van der Waals surface area (Å²) in [4.78, 5) is 11.3. The molecule has 0 aliphatic rings. The highest BCUT2D eigenvalue weighted by Crippen LogP contribution is 2.16. The third kappa shape index (κ3) is 5.56. The van der Waals surface area contributed by atoms with E-state index in [4.69, 9.17) is 4.74 Å². The molecule has 0 bridgehead atoms. The molecule has 4 nitrogen and oxygen atoms in total. The van der Waals surface area contributed by atoms with E-state index in [0.29, 0.717) is 13.1 Å². The van der Waals surface area contributed by atoms with Crippen LogP contribution in [0.3, 0.4) is 0 Å². The predicted octanol–water partition coefficient (Wildman–Crippen LogP) is 1.26.